The van der Waals surface area contributed by atoms with Gasteiger partial charge in [0, 0.05) is 39.3 Å². The summed E-state index contributed by atoms with van der Waals surface area (Å²) in [6.45, 7) is 6.94. The van der Waals surface area contributed by atoms with Gasteiger partial charge in [0.2, 0.25) is 17.7 Å². The van der Waals surface area contributed by atoms with Gasteiger partial charge in [-0.25, -0.2) is 9.67 Å². The fraction of sp³-hybridized carbons (Fsp3) is 0.625. The molecule has 34 heavy (non-hydrogen) atoms. The number of aromatic nitrogens is 3. The van der Waals surface area contributed by atoms with Gasteiger partial charge < -0.3 is 19.3 Å². The zero-order valence-electron chi connectivity index (χ0n) is 21.0. The van der Waals surface area contributed by atoms with Crippen LogP contribution in [0.5, 0.6) is 5.88 Å². The van der Waals surface area contributed by atoms with Gasteiger partial charge in [-0.05, 0) is 51.2 Å². The number of nitrogens with zero attached hydrogens (tertiary/aromatic N) is 5. The Morgan fingerprint density at radius 1 is 1.24 bits per heavy atom. The molecule has 3 heterocycles. The van der Waals surface area contributed by atoms with E-state index in [1.165, 1.54) is 4.90 Å². The summed E-state index contributed by atoms with van der Waals surface area (Å²) in [5.74, 6) is -0.312. The predicted octanol–water partition coefficient (Wildman–Crippen LogP) is 1.79. The molecule has 1 fully saturated rings. The Bertz CT molecular complexity index is 1080. The summed E-state index contributed by atoms with van der Waals surface area (Å²) < 4.78 is 12.2. The van der Waals surface area contributed by atoms with Crippen molar-refractivity contribution in [3.63, 3.8) is 0 Å². The first-order valence-corrected chi connectivity index (χ1v) is 11.7. The minimum absolute atomic E-state index is 0.0138. The number of likely N-dealkylation sites (tertiary alicyclic amines) is 1. The van der Waals surface area contributed by atoms with Crippen LogP contribution in [0.15, 0.2) is 0 Å². The van der Waals surface area contributed by atoms with Gasteiger partial charge in [0.05, 0.1) is 31.6 Å². The fourth-order valence-corrected chi connectivity index (χ4v) is 4.58. The normalized spacial score (nSPS) is 15.9. The zero-order chi connectivity index (χ0) is 25.0. The van der Waals surface area contributed by atoms with E-state index < -0.39 is 0 Å². The number of hydrogen-bond donors (Lipinski definition) is 0. The van der Waals surface area contributed by atoms with Crippen molar-refractivity contribution < 1.29 is 23.9 Å². The molecule has 1 aliphatic heterocycles. The van der Waals surface area contributed by atoms with Crippen LogP contribution in [0.2, 0.25) is 0 Å². The van der Waals surface area contributed by atoms with Crippen LogP contribution in [-0.4, -0.2) is 82.7 Å². The van der Waals surface area contributed by atoms with Crippen LogP contribution in [0, 0.1) is 19.8 Å². The molecular formula is C24H35N5O5. The fourth-order valence-electron chi connectivity index (χ4n) is 4.58. The van der Waals surface area contributed by atoms with Crippen molar-refractivity contribution in [3.05, 3.63) is 16.8 Å². The van der Waals surface area contributed by atoms with Crippen molar-refractivity contribution in [1.82, 2.24) is 24.6 Å². The third-order valence-corrected chi connectivity index (χ3v) is 6.50. The van der Waals surface area contributed by atoms with Crippen molar-refractivity contribution in [2.75, 3.05) is 40.4 Å². The molecule has 3 rings (SSSR count). The molecule has 10 heteroatoms. The molecule has 1 aliphatic rings. The molecule has 0 bridgehead atoms. The highest BCUT2D eigenvalue weighted by Gasteiger charge is 2.30. The van der Waals surface area contributed by atoms with E-state index in [2.05, 4.69) is 10.1 Å². The average Bonchev–Trinajstić information content (AvgIpc) is 3.14. The molecule has 1 unspecified atom stereocenters. The zero-order valence-corrected chi connectivity index (χ0v) is 21.0. The van der Waals surface area contributed by atoms with Gasteiger partial charge in [-0.1, -0.05) is 0 Å². The Morgan fingerprint density at radius 2 is 1.97 bits per heavy atom. The van der Waals surface area contributed by atoms with Crippen molar-refractivity contribution in [2.45, 2.75) is 46.5 Å². The first-order valence-electron chi connectivity index (χ1n) is 11.7. The molecule has 0 N–H and O–H groups in total. The maximum absolute atomic E-state index is 12.8. The highest BCUT2D eigenvalue weighted by Crippen LogP contribution is 2.30. The number of piperidine rings is 1. The minimum Gasteiger partial charge on any atom is -0.479 e. The summed E-state index contributed by atoms with van der Waals surface area (Å²) in [5, 5.41) is 5.21. The van der Waals surface area contributed by atoms with E-state index in [-0.39, 0.29) is 36.7 Å². The van der Waals surface area contributed by atoms with Crippen molar-refractivity contribution in [3.8, 4) is 5.88 Å². The summed E-state index contributed by atoms with van der Waals surface area (Å²) in [6, 6.07) is 0. The number of carbonyl (C=O) groups is 3. The Labute approximate surface area is 200 Å². The number of esters is 1. The summed E-state index contributed by atoms with van der Waals surface area (Å²) >= 11 is 0. The van der Waals surface area contributed by atoms with Gasteiger partial charge in [-0.3, -0.25) is 14.4 Å². The Balaban J connectivity index is 1.61. The van der Waals surface area contributed by atoms with E-state index >= 15 is 0 Å². The second-order valence-corrected chi connectivity index (χ2v) is 8.81. The molecule has 0 aromatic carbocycles. The van der Waals surface area contributed by atoms with Crippen molar-refractivity contribution in [2.24, 2.45) is 13.0 Å². The van der Waals surface area contributed by atoms with Crippen LogP contribution in [0.3, 0.4) is 0 Å². The summed E-state index contributed by atoms with van der Waals surface area (Å²) in [6.07, 6.45) is 2.23. The molecule has 10 nitrogen and oxygen atoms in total. The largest absolute Gasteiger partial charge is 0.479 e. The Kier molecular flexibility index (Phi) is 8.11. The van der Waals surface area contributed by atoms with Crippen molar-refractivity contribution >= 4 is 28.8 Å². The molecule has 0 aliphatic carbocycles. The monoisotopic (exact) mass is 473 g/mol. The number of pyridine rings is 1. The third-order valence-electron chi connectivity index (χ3n) is 6.50. The number of methoxy groups -OCH3 is 1. The quantitative estimate of drug-likeness (QED) is 0.538. The number of amides is 2. The molecule has 1 saturated heterocycles. The predicted molar refractivity (Wildman–Crippen MR) is 126 cm³/mol. The first-order chi connectivity index (χ1) is 16.2. The molecule has 0 spiro atoms. The molecule has 0 saturated carbocycles. The lowest BCUT2D eigenvalue weighted by atomic mass is 9.98. The number of fused-ring (bicyclic) bond motifs is 1. The molecule has 1 atom stereocenters. The van der Waals surface area contributed by atoms with Gasteiger partial charge in [0.15, 0.2) is 5.65 Å². The Morgan fingerprint density at radius 3 is 2.65 bits per heavy atom. The number of ether oxygens (including phenoxy) is 2. The highest BCUT2D eigenvalue weighted by molar-refractivity contribution is 5.87. The lowest BCUT2D eigenvalue weighted by Crippen LogP contribution is -2.47. The van der Waals surface area contributed by atoms with Gasteiger partial charge in [0.1, 0.15) is 0 Å². The lowest BCUT2D eigenvalue weighted by molar-refractivity contribution is -0.152. The van der Waals surface area contributed by atoms with Crippen LogP contribution >= 0.6 is 0 Å². The molecule has 0 radical (unpaired) electrons. The molecule has 2 aromatic heterocycles. The molecular weight excluding hydrogens is 438 g/mol. The van der Waals surface area contributed by atoms with Crippen LogP contribution in [0.4, 0.5) is 0 Å². The first kappa shape index (κ1) is 25.5. The van der Waals surface area contributed by atoms with Crippen LogP contribution in [0.25, 0.3) is 11.0 Å². The smallest absolute Gasteiger partial charge is 0.310 e. The summed E-state index contributed by atoms with van der Waals surface area (Å²) in [7, 11) is 5.04. The van der Waals surface area contributed by atoms with Gasteiger partial charge in [-0.15, -0.1) is 5.10 Å². The minimum atomic E-state index is -0.295. The average molecular weight is 474 g/mol. The number of likely N-dealkylation sites (N-methyl/N-ethyl adjacent to an activating group) is 1. The van der Waals surface area contributed by atoms with E-state index in [0.717, 1.165) is 40.7 Å². The molecule has 2 amide bonds. The van der Waals surface area contributed by atoms with E-state index in [1.807, 2.05) is 20.9 Å². The van der Waals surface area contributed by atoms with Gasteiger partial charge >= 0.3 is 5.97 Å². The van der Waals surface area contributed by atoms with E-state index in [1.54, 1.807) is 30.7 Å². The SMILES string of the molecule is CCOC(=O)C1CCCN(C(=O)CN(C)C(=O)CCc2c(C)nc3c(c(OC)nn3C)c2C)C1. The number of hydrogen-bond acceptors (Lipinski definition) is 7. The van der Waals surface area contributed by atoms with E-state index in [4.69, 9.17) is 9.47 Å². The van der Waals surface area contributed by atoms with Crippen LogP contribution < -0.4 is 4.74 Å². The number of rotatable bonds is 8. The maximum Gasteiger partial charge on any atom is 0.310 e. The van der Waals surface area contributed by atoms with E-state index in [9.17, 15) is 14.4 Å². The maximum atomic E-state index is 12.8. The second-order valence-electron chi connectivity index (χ2n) is 8.81. The molecule has 2 aromatic rings. The standard InChI is InChI=1S/C24H35N5O5/c1-7-34-24(32)17-9-8-12-29(13-17)20(31)14-27(4)19(30)11-10-18-15(2)21-22(25-16(18)3)28(5)26-23(21)33-6/h17H,7-14H2,1-6H3. The highest BCUT2D eigenvalue weighted by atomic mass is 16.5. The molecule has 186 valence electrons. The van der Waals surface area contributed by atoms with Crippen LogP contribution in [0.1, 0.15) is 43.0 Å². The van der Waals surface area contributed by atoms with E-state index in [0.29, 0.717) is 32.0 Å². The Hall–Kier alpha value is -3.17. The number of carbonyl (C=O) groups excluding carboxylic acids is 3. The van der Waals surface area contributed by atoms with Gasteiger partial charge in [-0.2, -0.15) is 0 Å². The summed E-state index contributed by atoms with van der Waals surface area (Å²) in [5.41, 5.74) is 3.57. The second kappa shape index (κ2) is 10.8. The summed E-state index contributed by atoms with van der Waals surface area (Å²) in [4.78, 5) is 45.5. The number of aryl methyl sites for hydroxylation is 3. The van der Waals surface area contributed by atoms with Gasteiger partial charge in [0.25, 0.3) is 0 Å². The van der Waals surface area contributed by atoms with Crippen molar-refractivity contribution in [1.29, 1.82) is 0 Å². The third kappa shape index (κ3) is 5.31. The topological polar surface area (TPSA) is 107 Å². The lowest BCUT2D eigenvalue weighted by Gasteiger charge is -2.32. The van der Waals surface area contributed by atoms with Crippen LogP contribution in [-0.2, 0) is 32.6 Å².